The smallest absolute Gasteiger partial charge is 0.257 e. The van der Waals surface area contributed by atoms with Crippen molar-refractivity contribution in [2.45, 2.75) is 19.3 Å². The third-order valence-corrected chi connectivity index (χ3v) is 3.70. The summed E-state index contributed by atoms with van der Waals surface area (Å²) in [5, 5.41) is 11.1. The average Bonchev–Trinajstić information content (AvgIpc) is 3.08. The van der Waals surface area contributed by atoms with E-state index < -0.39 is 0 Å². The van der Waals surface area contributed by atoms with E-state index >= 15 is 0 Å². The molecule has 1 fully saturated rings. The summed E-state index contributed by atoms with van der Waals surface area (Å²) < 4.78 is 1.65. The van der Waals surface area contributed by atoms with Gasteiger partial charge in [0.2, 0.25) is 0 Å². The lowest BCUT2D eigenvalue weighted by Gasteiger charge is -2.15. The van der Waals surface area contributed by atoms with Crippen molar-refractivity contribution in [1.82, 2.24) is 24.9 Å². The molecule has 3 rings (SSSR count). The first-order chi connectivity index (χ1) is 9.15. The molecule has 0 spiro atoms. The molecule has 0 aliphatic carbocycles. The minimum absolute atomic E-state index is 0.0627. The van der Waals surface area contributed by atoms with Crippen LogP contribution in [0.5, 0.6) is 0 Å². The number of carbonyl (C=O) groups is 1. The minimum Gasteiger partial charge on any atom is -0.338 e. The first-order valence-electron chi connectivity index (χ1n) is 6.43. The number of rotatable bonds is 2. The molecule has 3 heterocycles. The van der Waals surface area contributed by atoms with Crippen LogP contribution in [-0.4, -0.2) is 43.9 Å². The maximum Gasteiger partial charge on any atom is 0.257 e. The van der Waals surface area contributed by atoms with Crippen molar-refractivity contribution in [2.24, 2.45) is 7.05 Å². The van der Waals surface area contributed by atoms with Crippen molar-refractivity contribution in [3.63, 3.8) is 0 Å². The number of aryl methyl sites for hydroxylation is 2. The number of hydrogen-bond donors (Lipinski definition) is 1. The van der Waals surface area contributed by atoms with E-state index in [0.717, 1.165) is 25.2 Å². The number of H-pyrrole nitrogens is 1. The first-order valence-corrected chi connectivity index (χ1v) is 6.43. The van der Waals surface area contributed by atoms with Crippen LogP contribution in [-0.2, 0) is 7.05 Å². The molecule has 6 nitrogen and oxygen atoms in total. The fourth-order valence-electron chi connectivity index (χ4n) is 2.66. The Labute approximate surface area is 111 Å². The summed E-state index contributed by atoms with van der Waals surface area (Å²) in [6.07, 6.45) is 6.20. The highest BCUT2D eigenvalue weighted by Crippen LogP contribution is 2.28. The van der Waals surface area contributed by atoms with E-state index in [9.17, 15) is 4.79 Å². The molecule has 2 aromatic rings. The van der Waals surface area contributed by atoms with Gasteiger partial charge in [-0.05, 0) is 18.9 Å². The lowest BCUT2D eigenvalue weighted by molar-refractivity contribution is 0.0790. The molecule has 100 valence electrons. The van der Waals surface area contributed by atoms with Crippen molar-refractivity contribution < 1.29 is 4.79 Å². The molecular formula is C13H17N5O. The SMILES string of the molecule is Cc1cn[nH]c1[C@@H]1CCN(C(=O)c2cnn(C)c2)C1. The van der Waals surface area contributed by atoms with Crippen LogP contribution in [0, 0.1) is 6.92 Å². The summed E-state index contributed by atoms with van der Waals surface area (Å²) in [5.74, 6) is 0.427. The third-order valence-electron chi connectivity index (χ3n) is 3.70. The van der Waals surface area contributed by atoms with Crippen molar-refractivity contribution in [1.29, 1.82) is 0 Å². The zero-order valence-electron chi connectivity index (χ0n) is 11.1. The maximum absolute atomic E-state index is 12.3. The van der Waals surface area contributed by atoms with E-state index in [4.69, 9.17) is 0 Å². The Morgan fingerprint density at radius 3 is 2.95 bits per heavy atom. The molecule has 2 aromatic heterocycles. The van der Waals surface area contributed by atoms with Crippen molar-refractivity contribution in [2.75, 3.05) is 13.1 Å². The van der Waals surface area contributed by atoms with E-state index in [-0.39, 0.29) is 5.91 Å². The molecule has 0 radical (unpaired) electrons. The molecule has 1 aliphatic rings. The highest BCUT2D eigenvalue weighted by atomic mass is 16.2. The predicted octanol–water partition coefficient (Wildman–Crippen LogP) is 1.08. The summed E-state index contributed by atoms with van der Waals surface area (Å²) >= 11 is 0. The van der Waals surface area contributed by atoms with Gasteiger partial charge in [0.15, 0.2) is 0 Å². The van der Waals surface area contributed by atoms with Gasteiger partial charge in [-0.3, -0.25) is 14.6 Å². The standard InChI is InChI=1S/C13H17N5O/c1-9-5-14-16-12(9)10-3-4-18(8-10)13(19)11-6-15-17(2)7-11/h5-7,10H,3-4,8H2,1-2H3,(H,14,16)/t10-/m1/s1. The number of aromatic amines is 1. The van der Waals surface area contributed by atoms with Crippen LogP contribution in [0.4, 0.5) is 0 Å². The van der Waals surface area contributed by atoms with Crippen LogP contribution in [0.2, 0.25) is 0 Å². The molecule has 0 bridgehead atoms. The van der Waals surface area contributed by atoms with Crippen LogP contribution in [0.3, 0.4) is 0 Å². The quantitative estimate of drug-likeness (QED) is 0.877. The Kier molecular flexibility index (Phi) is 2.85. The van der Waals surface area contributed by atoms with Gasteiger partial charge < -0.3 is 4.90 Å². The van der Waals surface area contributed by atoms with Gasteiger partial charge in [-0.1, -0.05) is 0 Å². The van der Waals surface area contributed by atoms with Gasteiger partial charge >= 0.3 is 0 Å². The number of hydrogen-bond acceptors (Lipinski definition) is 3. The Bertz CT molecular complexity index is 600. The molecule has 19 heavy (non-hydrogen) atoms. The number of aromatic nitrogens is 4. The van der Waals surface area contributed by atoms with Gasteiger partial charge in [0, 0.05) is 37.9 Å². The first kappa shape index (κ1) is 12.0. The van der Waals surface area contributed by atoms with Crippen molar-refractivity contribution >= 4 is 5.91 Å². The number of nitrogens with zero attached hydrogens (tertiary/aromatic N) is 4. The monoisotopic (exact) mass is 259 g/mol. The summed E-state index contributed by atoms with van der Waals surface area (Å²) in [5.41, 5.74) is 2.98. The predicted molar refractivity (Wildman–Crippen MR) is 69.8 cm³/mol. The highest BCUT2D eigenvalue weighted by molar-refractivity contribution is 5.94. The average molecular weight is 259 g/mol. The van der Waals surface area contributed by atoms with Crippen LogP contribution < -0.4 is 0 Å². The molecule has 0 saturated carbocycles. The summed E-state index contributed by atoms with van der Waals surface area (Å²) in [6.45, 7) is 3.58. The number of nitrogens with one attached hydrogen (secondary N) is 1. The van der Waals surface area contributed by atoms with Gasteiger partial charge in [-0.2, -0.15) is 10.2 Å². The molecule has 0 unspecified atom stereocenters. The lowest BCUT2D eigenvalue weighted by atomic mass is 10.0. The second-order valence-electron chi connectivity index (χ2n) is 5.11. The zero-order chi connectivity index (χ0) is 13.4. The van der Waals surface area contributed by atoms with E-state index in [2.05, 4.69) is 15.3 Å². The lowest BCUT2D eigenvalue weighted by Crippen LogP contribution is -2.28. The molecule has 1 aliphatic heterocycles. The normalized spacial score (nSPS) is 19.1. The second kappa shape index (κ2) is 4.53. The Balaban J connectivity index is 1.72. The summed E-state index contributed by atoms with van der Waals surface area (Å²) in [4.78, 5) is 14.2. The number of carbonyl (C=O) groups excluding carboxylic acids is 1. The largest absolute Gasteiger partial charge is 0.338 e. The number of amides is 1. The molecule has 1 atom stereocenters. The summed E-state index contributed by atoms with van der Waals surface area (Å²) in [7, 11) is 1.82. The minimum atomic E-state index is 0.0627. The van der Waals surface area contributed by atoms with Gasteiger partial charge in [-0.25, -0.2) is 0 Å². The van der Waals surface area contributed by atoms with Crippen molar-refractivity contribution in [3.8, 4) is 0 Å². The van der Waals surface area contributed by atoms with Crippen molar-refractivity contribution in [3.05, 3.63) is 35.4 Å². The molecular weight excluding hydrogens is 242 g/mol. The fraction of sp³-hybridized carbons (Fsp3) is 0.462. The number of likely N-dealkylation sites (tertiary alicyclic amines) is 1. The van der Waals surface area contributed by atoms with Gasteiger partial charge in [0.1, 0.15) is 0 Å². The molecule has 1 saturated heterocycles. The highest BCUT2D eigenvalue weighted by Gasteiger charge is 2.30. The topological polar surface area (TPSA) is 66.8 Å². The van der Waals surface area contributed by atoms with E-state index in [1.807, 2.05) is 25.1 Å². The van der Waals surface area contributed by atoms with Crippen LogP contribution in [0.15, 0.2) is 18.6 Å². The fourth-order valence-corrected chi connectivity index (χ4v) is 2.66. The second-order valence-corrected chi connectivity index (χ2v) is 5.11. The van der Waals surface area contributed by atoms with E-state index in [0.29, 0.717) is 11.5 Å². The molecule has 6 heteroatoms. The van der Waals surface area contributed by atoms with Crippen LogP contribution in [0.1, 0.15) is 34.0 Å². The van der Waals surface area contributed by atoms with E-state index in [1.165, 1.54) is 5.56 Å². The third kappa shape index (κ3) is 2.14. The maximum atomic E-state index is 12.3. The Morgan fingerprint density at radius 2 is 2.32 bits per heavy atom. The van der Waals surface area contributed by atoms with E-state index in [1.54, 1.807) is 17.1 Å². The van der Waals surface area contributed by atoms with Crippen LogP contribution in [0.25, 0.3) is 0 Å². The molecule has 1 N–H and O–H groups in total. The zero-order valence-corrected chi connectivity index (χ0v) is 11.1. The van der Waals surface area contributed by atoms with Gasteiger partial charge in [0.05, 0.1) is 18.0 Å². The Hall–Kier alpha value is -2.11. The van der Waals surface area contributed by atoms with Gasteiger partial charge in [0.25, 0.3) is 5.91 Å². The Morgan fingerprint density at radius 1 is 1.47 bits per heavy atom. The summed E-state index contributed by atoms with van der Waals surface area (Å²) in [6, 6.07) is 0. The molecule has 1 amide bonds. The van der Waals surface area contributed by atoms with Gasteiger partial charge in [-0.15, -0.1) is 0 Å². The molecule has 0 aromatic carbocycles. The van der Waals surface area contributed by atoms with Crippen LogP contribution >= 0.6 is 0 Å².